The highest BCUT2D eigenvalue weighted by atomic mass is 16.2. The van der Waals surface area contributed by atoms with Gasteiger partial charge in [0.2, 0.25) is 5.91 Å². The smallest absolute Gasteiger partial charge is 0.241 e. The van der Waals surface area contributed by atoms with Gasteiger partial charge in [-0.05, 0) is 17.4 Å². The number of carbonyl (C=O) groups is 1. The van der Waals surface area contributed by atoms with Gasteiger partial charge in [-0.25, -0.2) is 0 Å². The number of aromatic nitrogens is 2. The number of amides is 1. The monoisotopic (exact) mass is 236 g/mol. The van der Waals surface area contributed by atoms with Crippen LogP contribution in [-0.4, -0.2) is 40.6 Å². The molecular formula is C12H20N4O. The highest BCUT2D eigenvalue weighted by Gasteiger charge is 2.38. The van der Waals surface area contributed by atoms with E-state index in [2.05, 4.69) is 36.3 Å². The van der Waals surface area contributed by atoms with Crippen LogP contribution in [0.3, 0.4) is 0 Å². The van der Waals surface area contributed by atoms with Crippen molar-refractivity contribution in [3.8, 4) is 0 Å². The maximum Gasteiger partial charge on any atom is 0.241 e. The number of hydrogen-bond acceptors (Lipinski definition) is 3. The molecule has 1 aliphatic heterocycles. The number of carbonyl (C=O) groups excluding carboxylic acids is 1. The lowest BCUT2D eigenvalue weighted by molar-refractivity contribution is -0.128. The molecule has 1 atom stereocenters. The summed E-state index contributed by atoms with van der Waals surface area (Å²) in [6.45, 7) is 8.66. The number of H-pyrrole nitrogens is 1. The topological polar surface area (TPSA) is 61.0 Å². The Morgan fingerprint density at radius 3 is 3.00 bits per heavy atom. The lowest BCUT2D eigenvalue weighted by atomic mass is 9.84. The van der Waals surface area contributed by atoms with Gasteiger partial charge in [-0.3, -0.25) is 9.89 Å². The third kappa shape index (κ3) is 2.60. The maximum atomic E-state index is 12.0. The van der Waals surface area contributed by atoms with Crippen LogP contribution in [0.2, 0.25) is 0 Å². The molecule has 0 bridgehead atoms. The van der Waals surface area contributed by atoms with Crippen molar-refractivity contribution in [1.29, 1.82) is 0 Å². The lowest BCUT2D eigenvalue weighted by Gasteiger charge is -2.22. The molecule has 2 rings (SSSR count). The molecule has 1 aliphatic rings. The van der Waals surface area contributed by atoms with E-state index in [1.165, 1.54) is 0 Å². The van der Waals surface area contributed by atoms with Crippen molar-refractivity contribution in [2.75, 3.05) is 25.0 Å². The molecule has 17 heavy (non-hydrogen) atoms. The number of hydrogen-bond donors (Lipinski definition) is 2. The second-order valence-electron chi connectivity index (χ2n) is 5.49. The van der Waals surface area contributed by atoms with E-state index < -0.39 is 0 Å². The van der Waals surface area contributed by atoms with Gasteiger partial charge in [0, 0.05) is 13.1 Å². The first-order valence-corrected chi connectivity index (χ1v) is 6.00. The zero-order valence-electron chi connectivity index (χ0n) is 10.7. The number of rotatable bonds is 3. The van der Waals surface area contributed by atoms with Crippen LogP contribution in [0.5, 0.6) is 0 Å². The Balaban J connectivity index is 1.85. The first-order valence-electron chi connectivity index (χ1n) is 6.00. The van der Waals surface area contributed by atoms with Crippen LogP contribution in [0.4, 0.5) is 5.82 Å². The van der Waals surface area contributed by atoms with Crippen molar-refractivity contribution < 1.29 is 4.79 Å². The molecule has 0 spiro atoms. The van der Waals surface area contributed by atoms with Crippen molar-refractivity contribution >= 4 is 11.7 Å². The fourth-order valence-corrected chi connectivity index (χ4v) is 2.12. The largest absolute Gasteiger partial charge is 0.361 e. The molecule has 1 unspecified atom stereocenters. The fraction of sp³-hybridized carbons (Fsp3) is 0.667. The molecule has 2 N–H and O–H groups in total. The molecule has 1 aromatic rings. The van der Waals surface area contributed by atoms with Crippen molar-refractivity contribution in [2.24, 2.45) is 11.3 Å². The van der Waals surface area contributed by atoms with Gasteiger partial charge in [0.25, 0.3) is 0 Å². The van der Waals surface area contributed by atoms with Crippen LogP contribution in [-0.2, 0) is 4.79 Å². The van der Waals surface area contributed by atoms with Crippen LogP contribution in [0.25, 0.3) is 0 Å². The molecule has 0 aromatic carbocycles. The Bertz CT molecular complexity index is 385. The van der Waals surface area contributed by atoms with E-state index in [0.29, 0.717) is 12.5 Å². The highest BCUT2D eigenvalue weighted by molar-refractivity contribution is 5.80. The number of aromatic amines is 1. The van der Waals surface area contributed by atoms with Crippen LogP contribution in [0.15, 0.2) is 12.3 Å². The van der Waals surface area contributed by atoms with Crippen molar-refractivity contribution in [3.63, 3.8) is 0 Å². The molecule has 94 valence electrons. The van der Waals surface area contributed by atoms with Crippen molar-refractivity contribution in [2.45, 2.75) is 20.8 Å². The summed E-state index contributed by atoms with van der Waals surface area (Å²) < 4.78 is 0. The van der Waals surface area contributed by atoms with Crippen molar-refractivity contribution in [3.05, 3.63) is 12.3 Å². The quantitative estimate of drug-likeness (QED) is 0.832. The molecule has 5 heteroatoms. The minimum atomic E-state index is 0.150. The lowest BCUT2D eigenvalue weighted by Crippen LogP contribution is -2.34. The number of nitrogens with zero attached hydrogens (tertiary/aromatic N) is 2. The molecule has 2 heterocycles. The first-order chi connectivity index (χ1) is 7.99. The summed E-state index contributed by atoms with van der Waals surface area (Å²) in [7, 11) is 0. The number of likely N-dealkylation sites (tertiary alicyclic amines) is 1. The molecule has 1 fully saturated rings. The second kappa shape index (κ2) is 4.39. The average Bonchev–Trinajstić information content (AvgIpc) is 2.84. The Kier molecular flexibility index (Phi) is 3.09. The van der Waals surface area contributed by atoms with Gasteiger partial charge in [-0.2, -0.15) is 5.10 Å². The zero-order chi connectivity index (χ0) is 12.5. The summed E-state index contributed by atoms with van der Waals surface area (Å²) in [5.74, 6) is 1.49. The summed E-state index contributed by atoms with van der Waals surface area (Å²) in [6, 6.07) is 1.81. The standard InChI is InChI=1S/C12H20N4O/c1-9-7-16(8-12(9,2)3)11(17)6-13-10-4-5-14-15-10/h4-5,9H,6-8H2,1-3H3,(H2,13,14,15). The number of nitrogens with one attached hydrogen (secondary N) is 2. The van der Waals surface area contributed by atoms with E-state index in [0.717, 1.165) is 18.9 Å². The molecule has 1 saturated heterocycles. The normalized spacial score (nSPS) is 22.8. The van der Waals surface area contributed by atoms with Crippen LogP contribution >= 0.6 is 0 Å². The molecule has 0 saturated carbocycles. The van der Waals surface area contributed by atoms with E-state index in [-0.39, 0.29) is 11.3 Å². The van der Waals surface area contributed by atoms with Gasteiger partial charge in [0.05, 0.1) is 12.7 Å². The zero-order valence-corrected chi connectivity index (χ0v) is 10.7. The van der Waals surface area contributed by atoms with E-state index in [9.17, 15) is 4.79 Å². The summed E-state index contributed by atoms with van der Waals surface area (Å²) in [5, 5.41) is 9.63. The second-order valence-corrected chi connectivity index (χ2v) is 5.49. The van der Waals surface area contributed by atoms with E-state index in [1.54, 1.807) is 6.20 Å². The predicted octanol–water partition coefficient (Wildman–Crippen LogP) is 1.33. The van der Waals surface area contributed by atoms with E-state index in [4.69, 9.17) is 0 Å². The van der Waals surface area contributed by atoms with Gasteiger partial charge < -0.3 is 10.2 Å². The summed E-state index contributed by atoms with van der Waals surface area (Å²) >= 11 is 0. The van der Waals surface area contributed by atoms with Crippen LogP contribution in [0.1, 0.15) is 20.8 Å². The minimum absolute atomic E-state index is 0.150. The average molecular weight is 236 g/mol. The Morgan fingerprint density at radius 2 is 2.47 bits per heavy atom. The third-order valence-electron chi connectivity index (χ3n) is 3.71. The molecule has 1 amide bonds. The van der Waals surface area contributed by atoms with Crippen LogP contribution < -0.4 is 5.32 Å². The molecular weight excluding hydrogens is 216 g/mol. The van der Waals surface area contributed by atoms with Gasteiger partial charge in [0.1, 0.15) is 5.82 Å². The van der Waals surface area contributed by atoms with Gasteiger partial charge in [-0.15, -0.1) is 0 Å². The van der Waals surface area contributed by atoms with Crippen molar-refractivity contribution in [1.82, 2.24) is 15.1 Å². The summed E-state index contributed by atoms with van der Waals surface area (Å²) in [5.41, 5.74) is 0.226. The molecule has 1 aromatic heterocycles. The molecule has 5 nitrogen and oxygen atoms in total. The fourth-order valence-electron chi connectivity index (χ4n) is 2.12. The summed E-state index contributed by atoms with van der Waals surface area (Å²) in [6.07, 6.45) is 1.66. The SMILES string of the molecule is CC1CN(C(=O)CNc2ccn[nH]2)CC1(C)C. The van der Waals surface area contributed by atoms with Crippen LogP contribution in [0, 0.1) is 11.3 Å². The molecule has 0 radical (unpaired) electrons. The molecule has 0 aliphatic carbocycles. The van der Waals surface area contributed by atoms with E-state index >= 15 is 0 Å². The Hall–Kier alpha value is -1.52. The highest BCUT2D eigenvalue weighted by Crippen LogP contribution is 2.34. The Labute approximate surface area is 102 Å². The first kappa shape index (κ1) is 12.0. The minimum Gasteiger partial charge on any atom is -0.361 e. The van der Waals surface area contributed by atoms with Gasteiger partial charge in [-0.1, -0.05) is 20.8 Å². The summed E-state index contributed by atoms with van der Waals surface area (Å²) in [4.78, 5) is 13.9. The predicted molar refractivity (Wildman–Crippen MR) is 66.6 cm³/mol. The maximum absolute atomic E-state index is 12.0. The van der Waals surface area contributed by atoms with Gasteiger partial charge in [0.15, 0.2) is 0 Å². The van der Waals surface area contributed by atoms with Gasteiger partial charge >= 0.3 is 0 Å². The van der Waals surface area contributed by atoms with E-state index in [1.807, 2.05) is 11.0 Å². The Morgan fingerprint density at radius 1 is 1.71 bits per heavy atom. The number of anilines is 1. The third-order valence-corrected chi connectivity index (χ3v) is 3.71.